The van der Waals surface area contributed by atoms with Crippen molar-refractivity contribution in [2.75, 3.05) is 44.4 Å². The molecule has 1 aliphatic rings. The number of likely N-dealkylation sites (N-methyl/N-ethyl adjacent to an activating group) is 2. The number of anilines is 2. The number of amides is 2. The largest absolute Gasteiger partial charge is 0.369 e. The summed E-state index contributed by atoms with van der Waals surface area (Å²) in [5, 5.41) is 12.4. The van der Waals surface area contributed by atoms with Gasteiger partial charge in [-0.25, -0.2) is 4.79 Å². The molecule has 1 aromatic carbocycles. The molecule has 2 amide bonds. The Balaban J connectivity index is 1.95. The highest BCUT2D eigenvalue weighted by Crippen LogP contribution is 2.33. The summed E-state index contributed by atoms with van der Waals surface area (Å²) in [6, 6.07) is 6.26. The quantitative estimate of drug-likeness (QED) is 0.802. The van der Waals surface area contributed by atoms with E-state index < -0.39 is 0 Å². The number of nitrogens with one attached hydrogen (secondary N) is 3. The highest BCUT2D eigenvalue weighted by Gasteiger charge is 2.25. The van der Waals surface area contributed by atoms with Crippen LogP contribution in [0.15, 0.2) is 30.6 Å². The van der Waals surface area contributed by atoms with E-state index >= 15 is 0 Å². The van der Waals surface area contributed by atoms with Gasteiger partial charge in [0, 0.05) is 38.4 Å². The zero-order chi connectivity index (χ0) is 17.1. The van der Waals surface area contributed by atoms with Gasteiger partial charge in [0.25, 0.3) is 0 Å². The minimum atomic E-state index is -0.218. The first kappa shape index (κ1) is 16.3. The van der Waals surface area contributed by atoms with Crippen LogP contribution in [0.2, 0.25) is 0 Å². The smallest absolute Gasteiger partial charge is 0.319 e. The van der Waals surface area contributed by atoms with E-state index in [4.69, 9.17) is 0 Å². The Morgan fingerprint density at radius 2 is 2.25 bits per heavy atom. The van der Waals surface area contributed by atoms with Gasteiger partial charge in [-0.1, -0.05) is 6.07 Å². The molecule has 0 spiro atoms. The lowest BCUT2D eigenvalue weighted by molar-refractivity contribution is 0.254. The standard InChI is InChI=1S/C17H24N6O/c1-18-17(24)21-15-5-4-12(13-9-19-20-10-13)8-16(15)23(3)14-6-7-22(2)11-14/h4-5,8-10,14H,6-7,11H2,1-3H3,(H,19,20)(H2,18,21,24). The lowest BCUT2D eigenvalue weighted by atomic mass is 10.1. The summed E-state index contributed by atoms with van der Waals surface area (Å²) < 4.78 is 0. The number of carbonyl (C=O) groups is 1. The number of rotatable bonds is 4. The first-order valence-corrected chi connectivity index (χ1v) is 8.12. The van der Waals surface area contributed by atoms with Gasteiger partial charge in [-0.05, 0) is 37.7 Å². The van der Waals surface area contributed by atoms with E-state index in [0.29, 0.717) is 6.04 Å². The third kappa shape index (κ3) is 3.35. The molecule has 3 N–H and O–H groups in total. The molecule has 0 saturated carbocycles. The van der Waals surface area contributed by atoms with Gasteiger partial charge in [-0.2, -0.15) is 5.10 Å². The molecule has 2 aromatic rings. The maximum atomic E-state index is 11.8. The molecule has 1 unspecified atom stereocenters. The first-order chi connectivity index (χ1) is 11.6. The maximum absolute atomic E-state index is 11.8. The van der Waals surface area contributed by atoms with Gasteiger partial charge >= 0.3 is 6.03 Å². The second-order valence-electron chi connectivity index (χ2n) is 6.24. The molecular formula is C17H24N6O. The number of H-pyrrole nitrogens is 1. The Morgan fingerprint density at radius 1 is 1.42 bits per heavy atom. The molecular weight excluding hydrogens is 304 g/mol. The fourth-order valence-corrected chi connectivity index (χ4v) is 3.13. The van der Waals surface area contributed by atoms with E-state index in [1.807, 2.05) is 18.3 Å². The minimum absolute atomic E-state index is 0.218. The van der Waals surface area contributed by atoms with Crippen LogP contribution in [0.1, 0.15) is 6.42 Å². The van der Waals surface area contributed by atoms with Gasteiger partial charge in [0.1, 0.15) is 0 Å². The van der Waals surface area contributed by atoms with Crippen molar-refractivity contribution < 1.29 is 4.79 Å². The van der Waals surface area contributed by atoms with Crippen molar-refractivity contribution in [1.29, 1.82) is 0 Å². The summed E-state index contributed by atoms with van der Waals surface area (Å²) in [4.78, 5) is 16.4. The van der Waals surface area contributed by atoms with Crippen LogP contribution in [0.25, 0.3) is 11.1 Å². The molecule has 128 valence electrons. The number of hydrogen-bond acceptors (Lipinski definition) is 4. The number of hydrogen-bond donors (Lipinski definition) is 3. The SMILES string of the molecule is CNC(=O)Nc1ccc(-c2cn[nH]c2)cc1N(C)C1CCN(C)C1. The average molecular weight is 328 g/mol. The van der Waals surface area contributed by atoms with E-state index in [1.165, 1.54) is 0 Å². The van der Waals surface area contributed by atoms with Crippen molar-refractivity contribution in [3.63, 3.8) is 0 Å². The van der Waals surface area contributed by atoms with Gasteiger partial charge in [-0.15, -0.1) is 0 Å². The topological polar surface area (TPSA) is 76.3 Å². The number of likely N-dealkylation sites (tertiary alicyclic amines) is 1. The summed E-state index contributed by atoms with van der Waals surface area (Å²) in [6.07, 6.45) is 4.78. The maximum Gasteiger partial charge on any atom is 0.319 e. The molecule has 7 nitrogen and oxygen atoms in total. The van der Waals surface area contributed by atoms with Crippen LogP contribution in [0.4, 0.5) is 16.2 Å². The third-order valence-corrected chi connectivity index (χ3v) is 4.60. The second kappa shape index (κ2) is 6.92. The van der Waals surface area contributed by atoms with Crippen molar-refractivity contribution in [2.45, 2.75) is 12.5 Å². The number of benzene rings is 1. The highest BCUT2D eigenvalue weighted by molar-refractivity contribution is 5.94. The fraction of sp³-hybridized carbons (Fsp3) is 0.412. The van der Waals surface area contributed by atoms with E-state index in [-0.39, 0.29) is 6.03 Å². The van der Waals surface area contributed by atoms with Crippen molar-refractivity contribution in [3.8, 4) is 11.1 Å². The van der Waals surface area contributed by atoms with Crippen molar-refractivity contribution in [1.82, 2.24) is 20.4 Å². The minimum Gasteiger partial charge on any atom is -0.369 e. The lowest BCUT2D eigenvalue weighted by Crippen LogP contribution is -2.35. The van der Waals surface area contributed by atoms with Crippen molar-refractivity contribution in [3.05, 3.63) is 30.6 Å². The molecule has 1 aromatic heterocycles. The molecule has 24 heavy (non-hydrogen) atoms. The van der Waals surface area contributed by atoms with Crippen LogP contribution in [0.5, 0.6) is 0 Å². The van der Waals surface area contributed by atoms with E-state index in [9.17, 15) is 4.79 Å². The Labute approximate surface area is 142 Å². The monoisotopic (exact) mass is 328 g/mol. The van der Waals surface area contributed by atoms with Crippen molar-refractivity contribution >= 4 is 17.4 Å². The predicted molar refractivity (Wildman–Crippen MR) is 96.4 cm³/mol. The van der Waals surface area contributed by atoms with Gasteiger partial charge in [0.05, 0.1) is 17.6 Å². The van der Waals surface area contributed by atoms with E-state index in [0.717, 1.165) is 42.0 Å². The van der Waals surface area contributed by atoms with Gasteiger partial charge < -0.3 is 20.4 Å². The van der Waals surface area contributed by atoms with Gasteiger partial charge in [0.15, 0.2) is 0 Å². The Bertz CT molecular complexity index is 699. The molecule has 1 fully saturated rings. The Kier molecular flexibility index (Phi) is 4.71. The number of carbonyl (C=O) groups excluding carboxylic acids is 1. The molecule has 0 radical (unpaired) electrons. The average Bonchev–Trinajstić information content (AvgIpc) is 3.26. The molecule has 2 heterocycles. The van der Waals surface area contributed by atoms with Gasteiger partial charge in [0.2, 0.25) is 0 Å². The zero-order valence-electron chi connectivity index (χ0n) is 14.3. The number of aromatic amines is 1. The van der Waals surface area contributed by atoms with Crippen molar-refractivity contribution in [2.24, 2.45) is 0 Å². The number of aromatic nitrogens is 2. The van der Waals surface area contributed by atoms with Crippen LogP contribution in [-0.4, -0.2) is 61.4 Å². The molecule has 1 saturated heterocycles. The predicted octanol–water partition coefficient (Wildman–Crippen LogP) is 1.97. The van der Waals surface area contributed by atoms with Crippen LogP contribution in [0.3, 0.4) is 0 Å². The molecule has 0 bridgehead atoms. The van der Waals surface area contributed by atoms with Crippen LogP contribution < -0.4 is 15.5 Å². The molecule has 1 aliphatic heterocycles. The molecule has 3 rings (SSSR count). The van der Waals surface area contributed by atoms with Crippen LogP contribution in [-0.2, 0) is 0 Å². The Morgan fingerprint density at radius 3 is 2.88 bits per heavy atom. The fourth-order valence-electron chi connectivity index (χ4n) is 3.13. The molecule has 1 atom stereocenters. The zero-order valence-corrected chi connectivity index (χ0v) is 14.3. The third-order valence-electron chi connectivity index (χ3n) is 4.60. The summed E-state index contributed by atoms with van der Waals surface area (Å²) >= 11 is 0. The lowest BCUT2D eigenvalue weighted by Gasteiger charge is -2.29. The summed E-state index contributed by atoms with van der Waals surface area (Å²) in [7, 11) is 5.84. The van der Waals surface area contributed by atoms with Crippen LogP contribution >= 0.6 is 0 Å². The molecule has 0 aliphatic carbocycles. The molecule has 7 heteroatoms. The number of urea groups is 1. The van der Waals surface area contributed by atoms with E-state index in [2.05, 4.69) is 50.8 Å². The summed E-state index contributed by atoms with van der Waals surface area (Å²) in [6.45, 7) is 2.11. The first-order valence-electron chi connectivity index (χ1n) is 8.12. The second-order valence-corrected chi connectivity index (χ2v) is 6.24. The van der Waals surface area contributed by atoms with Gasteiger partial charge in [-0.3, -0.25) is 5.10 Å². The van der Waals surface area contributed by atoms with Crippen LogP contribution in [0, 0.1) is 0 Å². The normalized spacial score (nSPS) is 17.7. The van der Waals surface area contributed by atoms with E-state index in [1.54, 1.807) is 13.2 Å². The Hall–Kier alpha value is -2.54. The number of nitrogens with zero attached hydrogens (tertiary/aromatic N) is 3. The summed E-state index contributed by atoms with van der Waals surface area (Å²) in [5.74, 6) is 0. The highest BCUT2D eigenvalue weighted by atomic mass is 16.2. The summed E-state index contributed by atoms with van der Waals surface area (Å²) in [5.41, 5.74) is 3.91.